The van der Waals surface area contributed by atoms with E-state index in [0.29, 0.717) is 5.65 Å². The quantitative estimate of drug-likeness (QED) is 0.562. The number of rotatable bonds is 4. The summed E-state index contributed by atoms with van der Waals surface area (Å²) in [6.07, 6.45) is 4.19. The molecule has 3 heterocycles. The summed E-state index contributed by atoms with van der Waals surface area (Å²) < 4.78 is 19.3. The normalized spacial score (nSPS) is 10.7. The lowest BCUT2D eigenvalue weighted by Crippen LogP contribution is -2.16. The number of carbonyl (C=O) groups excluding carboxylic acids is 2. The Hall–Kier alpha value is -3.23. The molecule has 0 aliphatic heterocycles. The van der Waals surface area contributed by atoms with E-state index < -0.39 is 17.8 Å². The van der Waals surface area contributed by atoms with Crippen LogP contribution >= 0.6 is 0 Å². The summed E-state index contributed by atoms with van der Waals surface area (Å²) in [4.78, 5) is 31.7. The van der Waals surface area contributed by atoms with Crippen LogP contribution in [0.5, 0.6) is 0 Å². The Morgan fingerprint density at radius 3 is 2.91 bits per heavy atom. The van der Waals surface area contributed by atoms with Crippen LogP contribution in [0, 0.1) is 5.95 Å². The molecule has 0 radical (unpaired) electrons. The lowest BCUT2D eigenvalue weighted by molar-refractivity contribution is 0.0529. The predicted molar refractivity (Wildman–Crippen MR) is 77.6 cm³/mol. The van der Waals surface area contributed by atoms with Gasteiger partial charge in [0.05, 0.1) is 12.2 Å². The molecule has 0 saturated heterocycles. The first kappa shape index (κ1) is 14.7. The van der Waals surface area contributed by atoms with Crippen molar-refractivity contribution in [3.63, 3.8) is 0 Å². The lowest BCUT2D eigenvalue weighted by atomic mass is 10.2. The molecule has 3 aromatic rings. The summed E-state index contributed by atoms with van der Waals surface area (Å²) in [6.45, 7) is 1.86. The lowest BCUT2D eigenvalue weighted by Gasteiger charge is -2.05. The zero-order chi connectivity index (χ0) is 16.4. The van der Waals surface area contributed by atoms with E-state index in [2.05, 4.69) is 20.4 Å². The SMILES string of the molecule is CCOC(=O)c1c(NC(=O)c2ccc(F)nc2)[nH]n2ccnc12. The van der Waals surface area contributed by atoms with Crippen molar-refractivity contribution in [1.29, 1.82) is 0 Å². The second kappa shape index (κ2) is 5.87. The number of anilines is 1. The second-order valence-corrected chi connectivity index (χ2v) is 4.53. The molecule has 9 heteroatoms. The summed E-state index contributed by atoms with van der Waals surface area (Å²) in [5, 5.41) is 5.36. The van der Waals surface area contributed by atoms with Gasteiger partial charge in [-0.2, -0.15) is 4.39 Å². The van der Waals surface area contributed by atoms with Crippen LogP contribution < -0.4 is 5.32 Å². The molecule has 0 bridgehead atoms. The molecule has 0 saturated carbocycles. The van der Waals surface area contributed by atoms with E-state index in [4.69, 9.17) is 4.74 Å². The summed E-state index contributed by atoms with van der Waals surface area (Å²) in [6, 6.07) is 2.36. The third kappa shape index (κ3) is 2.76. The van der Waals surface area contributed by atoms with Gasteiger partial charge in [-0.05, 0) is 19.1 Å². The summed E-state index contributed by atoms with van der Waals surface area (Å²) >= 11 is 0. The Kier molecular flexibility index (Phi) is 3.75. The first-order valence-corrected chi connectivity index (χ1v) is 6.75. The molecule has 0 aliphatic rings. The Labute approximate surface area is 129 Å². The van der Waals surface area contributed by atoms with Crippen molar-refractivity contribution in [1.82, 2.24) is 19.6 Å². The molecule has 0 fully saturated rings. The average Bonchev–Trinajstić information content (AvgIpc) is 3.08. The van der Waals surface area contributed by atoms with Crippen LogP contribution in [0.2, 0.25) is 0 Å². The van der Waals surface area contributed by atoms with Gasteiger partial charge < -0.3 is 10.1 Å². The number of aromatic amines is 1. The van der Waals surface area contributed by atoms with Gasteiger partial charge in [0.1, 0.15) is 11.4 Å². The number of halogens is 1. The van der Waals surface area contributed by atoms with Crippen LogP contribution in [0.4, 0.5) is 10.2 Å². The smallest absolute Gasteiger partial charge is 0.345 e. The monoisotopic (exact) mass is 317 g/mol. The van der Waals surface area contributed by atoms with Crippen LogP contribution in [-0.2, 0) is 4.74 Å². The number of amides is 1. The van der Waals surface area contributed by atoms with Gasteiger partial charge in [-0.1, -0.05) is 0 Å². The summed E-state index contributed by atoms with van der Waals surface area (Å²) in [7, 11) is 0. The average molecular weight is 317 g/mol. The zero-order valence-corrected chi connectivity index (χ0v) is 12.0. The fourth-order valence-corrected chi connectivity index (χ4v) is 2.05. The predicted octanol–water partition coefficient (Wildman–Crippen LogP) is 1.63. The van der Waals surface area contributed by atoms with Gasteiger partial charge >= 0.3 is 5.97 Å². The third-order valence-electron chi connectivity index (χ3n) is 3.05. The molecule has 3 rings (SSSR count). The van der Waals surface area contributed by atoms with Crippen molar-refractivity contribution in [3.05, 3.63) is 47.8 Å². The number of pyridine rings is 1. The molecule has 8 nitrogen and oxygen atoms in total. The van der Waals surface area contributed by atoms with E-state index in [0.717, 1.165) is 12.3 Å². The minimum absolute atomic E-state index is 0.111. The number of nitrogens with zero attached hydrogens (tertiary/aromatic N) is 3. The maximum absolute atomic E-state index is 12.8. The van der Waals surface area contributed by atoms with Crippen molar-refractivity contribution in [2.24, 2.45) is 0 Å². The van der Waals surface area contributed by atoms with Gasteiger partial charge in [-0.15, -0.1) is 0 Å². The van der Waals surface area contributed by atoms with Crippen LogP contribution in [-0.4, -0.2) is 38.1 Å². The van der Waals surface area contributed by atoms with E-state index in [1.54, 1.807) is 13.1 Å². The van der Waals surface area contributed by atoms with Crippen molar-refractivity contribution in [3.8, 4) is 0 Å². The fourth-order valence-electron chi connectivity index (χ4n) is 2.05. The number of hydrogen-bond acceptors (Lipinski definition) is 5. The molecule has 0 aromatic carbocycles. The highest BCUT2D eigenvalue weighted by Crippen LogP contribution is 2.21. The van der Waals surface area contributed by atoms with Crippen molar-refractivity contribution >= 4 is 23.3 Å². The Bertz CT molecular complexity index is 868. The first-order chi connectivity index (χ1) is 11.1. The maximum atomic E-state index is 12.8. The van der Waals surface area contributed by atoms with Crippen LogP contribution in [0.15, 0.2) is 30.7 Å². The van der Waals surface area contributed by atoms with E-state index in [-0.39, 0.29) is 23.6 Å². The number of H-pyrrole nitrogens is 1. The molecular weight excluding hydrogens is 305 g/mol. The highest BCUT2D eigenvalue weighted by atomic mass is 19.1. The number of ether oxygens (including phenoxy) is 1. The minimum atomic E-state index is -0.688. The van der Waals surface area contributed by atoms with Gasteiger partial charge in [0.2, 0.25) is 5.95 Å². The second-order valence-electron chi connectivity index (χ2n) is 4.53. The van der Waals surface area contributed by atoms with E-state index >= 15 is 0 Å². The molecule has 0 aliphatic carbocycles. The zero-order valence-electron chi connectivity index (χ0n) is 12.0. The third-order valence-corrected chi connectivity index (χ3v) is 3.05. The van der Waals surface area contributed by atoms with E-state index in [9.17, 15) is 14.0 Å². The molecule has 118 valence electrons. The molecule has 1 amide bonds. The fraction of sp³-hybridized carbons (Fsp3) is 0.143. The highest BCUT2D eigenvalue weighted by Gasteiger charge is 2.23. The van der Waals surface area contributed by atoms with Crippen LogP contribution in [0.25, 0.3) is 5.65 Å². The van der Waals surface area contributed by atoms with Gasteiger partial charge in [-0.3, -0.25) is 9.89 Å². The standard InChI is InChI=1S/C14H12FN5O3/c1-2-23-14(22)10-11(19-20-6-5-16-12(10)20)18-13(21)8-3-4-9(15)17-7-8/h3-7,19H,2H2,1H3,(H,18,21). The van der Waals surface area contributed by atoms with Crippen molar-refractivity contribution in [2.45, 2.75) is 6.92 Å². The molecule has 0 unspecified atom stereocenters. The van der Waals surface area contributed by atoms with Crippen LogP contribution in [0.3, 0.4) is 0 Å². The van der Waals surface area contributed by atoms with Crippen molar-refractivity contribution in [2.75, 3.05) is 11.9 Å². The molecule has 23 heavy (non-hydrogen) atoms. The molecule has 0 spiro atoms. The van der Waals surface area contributed by atoms with Gasteiger partial charge in [0.25, 0.3) is 5.91 Å². The number of hydrogen-bond donors (Lipinski definition) is 2. The topological polar surface area (TPSA) is 101 Å². The molecular formula is C14H12FN5O3. The largest absolute Gasteiger partial charge is 0.462 e. The van der Waals surface area contributed by atoms with Crippen molar-refractivity contribution < 1.29 is 18.7 Å². The maximum Gasteiger partial charge on any atom is 0.345 e. The van der Waals surface area contributed by atoms with E-state index in [1.165, 1.54) is 16.8 Å². The summed E-state index contributed by atoms with van der Waals surface area (Å²) in [5.74, 6) is -1.71. The van der Waals surface area contributed by atoms with Gasteiger partial charge in [0, 0.05) is 18.6 Å². The Balaban J connectivity index is 1.94. The molecule has 3 aromatic heterocycles. The minimum Gasteiger partial charge on any atom is -0.462 e. The molecule has 0 atom stereocenters. The van der Waals surface area contributed by atoms with Gasteiger partial charge in [-0.25, -0.2) is 19.3 Å². The summed E-state index contributed by atoms with van der Waals surface area (Å²) in [5.41, 5.74) is 0.588. The highest BCUT2D eigenvalue weighted by molar-refractivity contribution is 6.09. The molecule has 2 N–H and O–H groups in total. The first-order valence-electron chi connectivity index (χ1n) is 6.75. The van der Waals surface area contributed by atoms with E-state index in [1.807, 2.05) is 0 Å². The number of aromatic nitrogens is 4. The number of imidazole rings is 1. The number of fused-ring (bicyclic) bond motifs is 1. The van der Waals surface area contributed by atoms with Gasteiger partial charge in [0.15, 0.2) is 5.65 Å². The Morgan fingerprint density at radius 2 is 2.22 bits per heavy atom. The number of nitrogens with one attached hydrogen (secondary N) is 2. The number of carbonyl (C=O) groups is 2. The number of esters is 1. The Morgan fingerprint density at radius 1 is 1.39 bits per heavy atom. The van der Waals surface area contributed by atoms with Crippen LogP contribution in [0.1, 0.15) is 27.6 Å².